The summed E-state index contributed by atoms with van der Waals surface area (Å²) in [5.74, 6) is -0.325. The van der Waals surface area contributed by atoms with Crippen molar-refractivity contribution in [3.05, 3.63) is 11.6 Å². The maximum absolute atomic E-state index is 11.8. The van der Waals surface area contributed by atoms with E-state index in [2.05, 4.69) is 0 Å². The molecule has 0 aromatic rings. The van der Waals surface area contributed by atoms with Crippen molar-refractivity contribution in [2.45, 2.75) is 63.6 Å². The van der Waals surface area contributed by atoms with Crippen LogP contribution in [-0.4, -0.2) is 46.2 Å². The van der Waals surface area contributed by atoms with E-state index in [4.69, 9.17) is 9.47 Å². The maximum atomic E-state index is 11.8. The quantitative estimate of drug-likeness (QED) is 0.390. The van der Waals surface area contributed by atoms with Crippen LogP contribution in [0.1, 0.15) is 33.6 Å². The van der Waals surface area contributed by atoms with Gasteiger partial charge >= 0.3 is 5.97 Å². The van der Waals surface area contributed by atoms with Crippen LogP contribution in [0, 0.1) is 11.8 Å². The molecule has 2 heterocycles. The van der Waals surface area contributed by atoms with Crippen LogP contribution in [0.5, 0.6) is 0 Å². The monoisotopic (exact) mass is 282 g/mol. The van der Waals surface area contributed by atoms with Crippen LogP contribution in [0.3, 0.4) is 0 Å². The third-order valence-electron chi connectivity index (χ3n) is 5.21. The average molecular weight is 282 g/mol. The Balaban J connectivity index is 1.92. The number of esters is 1. The third kappa shape index (κ3) is 2.08. The molecule has 1 aliphatic carbocycles. The first-order valence-corrected chi connectivity index (χ1v) is 7.25. The molecule has 0 unspecified atom stereocenters. The second-order valence-electron chi connectivity index (χ2n) is 6.56. The first-order chi connectivity index (χ1) is 9.33. The summed E-state index contributed by atoms with van der Waals surface area (Å²) in [5, 5.41) is 20.4. The van der Waals surface area contributed by atoms with Crippen LogP contribution in [0.2, 0.25) is 0 Å². The number of epoxide rings is 1. The fraction of sp³-hybridized carbons (Fsp3) is 0.800. The van der Waals surface area contributed by atoms with E-state index in [9.17, 15) is 15.0 Å². The van der Waals surface area contributed by atoms with Crippen molar-refractivity contribution in [2.24, 2.45) is 11.8 Å². The highest BCUT2D eigenvalue weighted by Crippen LogP contribution is 2.48. The second kappa shape index (κ2) is 4.55. The molecule has 2 saturated heterocycles. The van der Waals surface area contributed by atoms with E-state index in [-0.39, 0.29) is 36.4 Å². The molecular formula is C15H22O5. The lowest BCUT2D eigenvalue weighted by atomic mass is 9.81. The van der Waals surface area contributed by atoms with Gasteiger partial charge in [0.1, 0.15) is 11.7 Å². The van der Waals surface area contributed by atoms with Gasteiger partial charge in [-0.25, -0.2) is 0 Å². The number of carbonyl (C=O) groups excluding carboxylic acids is 1. The topological polar surface area (TPSA) is 79.3 Å². The smallest absolute Gasteiger partial charge is 0.309 e. The Bertz CT molecular complexity index is 459. The Morgan fingerprint density at radius 3 is 2.75 bits per heavy atom. The van der Waals surface area contributed by atoms with Gasteiger partial charge in [0.2, 0.25) is 0 Å². The zero-order valence-corrected chi connectivity index (χ0v) is 12.1. The van der Waals surface area contributed by atoms with E-state index in [1.54, 1.807) is 6.92 Å². The molecule has 3 aliphatic rings. The van der Waals surface area contributed by atoms with Crippen LogP contribution in [-0.2, 0) is 14.3 Å². The summed E-state index contributed by atoms with van der Waals surface area (Å²) in [6, 6.07) is 0. The van der Waals surface area contributed by atoms with E-state index in [1.165, 1.54) is 0 Å². The van der Waals surface area contributed by atoms with Crippen molar-refractivity contribution in [3.8, 4) is 0 Å². The van der Waals surface area contributed by atoms with Crippen LogP contribution < -0.4 is 0 Å². The lowest BCUT2D eigenvalue weighted by molar-refractivity contribution is -0.142. The van der Waals surface area contributed by atoms with E-state index >= 15 is 0 Å². The molecule has 0 aromatic carbocycles. The van der Waals surface area contributed by atoms with E-state index in [1.807, 2.05) is 19.9 Å². The molecule has 20 heavy (non-hydrogen) atoms. The molecule has 112 valence electrons. The van der Waals surface area contributed by atoms with E-state index in [0.29, 0.717) is 6.42 Å². The minimum absolute atomic E-state index is 0.0433. The second-order valence-corrected chi connectivity index (χ2v) is 6.56. The van der Waals surface area contributed by atoms with Crippen LogP contribution >= 0.6 is 0 Å². The zero-order valence-electron chi connectivity index (χ0n) is 12.1. The SMILES string of the molecule is CC1=C[C@@H]2OC(=O)[C@@H](C)[C@@H]2C[C@@H]2O[C@@]2(C)[C@@H](O)C[C@@H]1O. The van der Waals surface area contributed by atoms with Crippen molar-refractivity contribution in [2.75, 3.05) is 0 Å². The predicted molar refractivity (Wildman–Crippen MR) is 70.8 cm³/mol. The molecule has 0 saturated carbocycles. The Morgan fingerprint density at radius 2 is 2.05 bits per heavy atom. The van der Waals surface area contributed by atoms with Gasteiger partial charge in [-0.3, -0.25) is 4.79 Å². The molecule has 5 heteroatoms. The number of rotatable bonds is 0. The van der Waals surface area contributed by atoms with Gasteiger partial charge in [0.25, 0.3) is 0 Å². The Morgan fingerprint density at radius 1 is 1.35 bits per heavy atom. The average Bonchev–Trinajstić information content (AvgIpc) is 2.97. The van der Waals surface area contributed by atoms with Gasteiger partial charge < -0.3 is 19.7 Å². The fourth-order valence-corrected chi connectivity index (χ4v) is 3.38. The van der Waals surface area contributed by atoms with Crippen LogP contribution in [0.4, 0.5) is 0 Å². The molecule has 5 nitrogen and oxygen atoms in total. The van der Waals surface area contributed by atoms with Gasteiger partial charge in [-0.2, -0.15) is 0 Å². The van der Waals surface area contributed by atoms with Crippen LogP contribution in [0.25, 0.3) is 0 Å². The van der Waals surface area contributed by atoms with Crippen molar-refractivity contribution >= 4 is 5.97 Å². The number of ether oxygens (including phenoxy) is 2. The minimum atomic E-state index is -0.736. The van der Waals surface area contributed by atoms with Crippen molar-refractivity contribution in [3.63, 3.8) is 0 Å². The van der Waals surface area contributed by atoms with Gasteiger partial charge in [-0.05, 0) is 31.9 Å². The Kier molecular flexibility index (Phi) is 3.19. The molecule has 7 atom stereocenters. The van der Waals surface area contributed by atoms with E-state index in [0.717, 1.165) is 5.57 Å². The molecular weight excluding hydrogens is 260 g/mol. The first kappa shape index (κ1) is 14.0. The highest BCUT2D eigenvalue weighted by atomic mass is 16.6. The normalized spacial score (nSPS) is 51.6. The lowest BCUT2D eigenvalue weighted by Crippen LogP contribution is -2.35. The largest absolute Gasteiger partial charge is 0.458 e. The van der Waals surface area contributed by atoms with Gasteiger partial charge in [-0.1, -0.05) is 6.92 Å². The number of aliphatic hydroxyl groups is 2. The van der Waals surface area contributed by atoms with E-state index < -0.39 is 17.8 Å². The number of aliphatic hydroxyl groups excluding tert-OH is 2. The molecule has 0 aromatic heterocycles. The molecule has 2 N–H and O–H groups in total. The van der Waals surface area contributed by atoms with Gasteiger partial charge in [0.15, 0.2) is 0 Å². The molecule has 2 aliphatic heterocycles. The molecule has 0 radical (unpaired) electrons. The predicted octanol–water partition coefficient (Wildman–Crippen LogP) is 0.783. The Hall–Kier alpha value is -0.910. The molecule has 2 fully saturated rings. The third-order valence-corrected chi connectivity index (χ3v) is 5.21. The molecule has 3 rings (SSSR count). The highest BCUT2D eigenvalue weighted by molar-refractivity contribution is 5.75. The number of hydrogen-bond donors (Lipinski definition) is 2. The van der Waals surface area contributed by atoms with Crippen LogP contribution in [0.15, 0.2) is 11.6 Å². The van der Waals surface area contributed by atoms with Crippen molar-refractivity contribution in [1.82, 2.24) is 0 Å². The Labute approximate surface area is 118 Å². The highest BCUT2D eigenvalue weighted by Gasteiger charge is 2.60. The molecule has 0 bridgehead atoms. The number of hydrogen-bond acceptors (Lipinski definition) is 5. The summed E-state index contributed by atoms with van der Waals surface area (Å²) in [7, 11) is 0. The fourth-order valence-electron chi connectivity index (χ4n) is 3.38. The van der Waals surface area contributed by atoms with Gasteiger partial charge in [0, 0.05) is 12.3 Å². The molecule has 0 spiro atoms. The maximum Gasteiger partial charge on any atom is 0.309 e. The summed E-state index contributed by atoms with van der Waals surface area (Å²) in [5.41, 5.74) is 0.137. The summed E-state index contributed by atoms with van der Waals surface area (Å²) >= 11 is 0. The van der Waals surface area contributed by atoms with Gasteiger partial charge in [0.05, 0.1) is 24.2 Å². The number of carbonyl (C=O) groups is 1. The summed E-state index contributed by atoms with van der Waals surface area (Å²) in [6.07, 6.45) is 0.975. The summed E-state index contributed by atoms with van der Waals surface area (Å²) in [6.45, 7) is 5.54. The molecule has 0 amide bonds. The van der Waals surface area contributed by atoms with Crippen molar-refractivity contribution in [1.29, 1.82) is 0 Å². The minimum Gasteiger partial charge on any atom is -0.458 e. The van der Waals surface area contributed by atoms with Gasteiger partial charge in [-0.15, -0.1) is 0 Å². The van der Waals surface area contributed by atoms with Crippen molar-refractivity contribution < 1.29 is 24.5 Å². The standard InChI is InChI=1S/C15H22O5/c1-7-4-11-9(8(2)14(18)19-11)5-13-15(3,20-13)12(17)6-10(7)16/h4,8-13,16-17H,5-6H2,1-3H3/t8-,9-,10-,11-,12-,13-,15-/m0/s1. The summed E-state index contributed by atoms with van der Waals surface area (Å²) in [4.78, 5) is 11.8. The number of fused-ring (bicyclic) bond motifs is 2. The summed E-state index contributed by atoms with van der Waals surface area (Å²) < 4.78 is 11.1. The zero-order chi connectivity index (χ0) is 14.7. The first-order valence-electron chi connectivity index (χ1n) is 7.25. The lowest BCUT2D eigenvalue weighted by Gasteiger charge is -2.24.